The maximum Gasteiger partial charge on any atom is 0.339 e. The summed E-state index contributed by atoms with van der Waals surface area (Å²) in [6.45, 7) is 3.13. The first kappa shape index (κ1) is 16.6. The monoisotopic (exact) mass is 352 g/mol. The van der Waals surface area contributed by atoms with Crippen LogP contribution in [0.1, 0.15) is 35.7 Å². The maximum atomic E-state index is 12.9. The standard InChI is InChI=1S/C16H17ClN2O5/c1-7(20)19-6-8(5-17)11-9(19)4-10(21)13-12(11)14(22)16(2,18-13)15(23)24-3/h4,8,18,21H,5-6H2,1-3H3/t8-,16-/m1/s1. The lowest BCUT2D eigenvalue weighted by Gasteiger charge is -2.20. The number of fused-ring (bicyclic) bond motifs is 3. The number of nitrogens with one attached hydrogen (secondary N) is 1. The molecule has 0 spiro atoms. The summed E-state index contributed by atoms with van der Waals surface area (Å²) >= 11 is 6.03. The number of aromatic hydroxyl groups is 1. The summed E-state index contributed by atoms with van der Waals surface area (Å²) in [6, 6.07) is 1.42. The number of methoxy groups -OCH3 is 1. The molecule has 0 fully saturated rings. The van der Waals surface area contributed by atoms with E-state index in [1.807, 2.05) is 0 Å². The molecule has 2 heterocycles. The van der Waals surface area contributed by atoms with Gasteiger partial charge in [-0.1, -0.05) is 0 Å². The van der Waals surface area contributed by atoms with Crippen LogP contribution in [0.5, 0.6) is 5.75 Å². The Morgan fingerprint density at radius 3 is 2.75 bits per heavy atom. The molecule has 0 unspecified atom stereocenters. The molecule has 0 bridgehead atoms. The number of alkyl halides is 1. The second kappa shape index (κ2) is 5.37. The number of halogens is 1. The number of esters is 1. The number of amides is 1. The number of anilines is 2. The Morgan fingerprint density at radius 1 is 1.54 bits per heavy atom. The van der Waals surface area contributed by atoms with Gasteiger partial charge >= 0.3 is 5.97 Å². The van der Waals surface area contributed by atoms with Gasteiger partial charge in [0.1, 0.15) is 5.75 Å². The molecule has 0 radical (unpaired) electrons. The van der Waals surface area contributed by atoms with Crippen molar-refractivity contribution < 1.29 is 24.2 Å². The molecule has 0 aromatic heterocycles. The first-order chi connectivity index (χ1) is 11.3. The summed E-state index contributed by atoms with van der Waals surface area (Å²) in [7, 11) is 1.19. The highest BCUT2D eigenvalue weighted by Crippen LogP contribution is 2.50. The molecule has 2 aliphatic heterocycles. The van der Waals surface area contributed by atoms with E-state index in [-0.39, 0.29) is 34.7 Å². The van der Waals surface area contributed by atoms with Gasteiger partial charge in [-0.3, -0.25) is 9.59 Å². The van der Waals surface area contributed by atoms with Crippen LogP contribution in [-0.2, 0) is 14.3 Å². The third kappa shape index (κ3) is 2.00. The lowest BCUT2D eigenvalue weighted by Crippen LogP contribution is -2.47. The highest BCUT2D eigenvalue weighted by atomic mass is 35.5. The number of hydrogen-bond acceptors (Lipinski definition) is 6. The number of ether oxygens (including phenoxy) is 1. The quantitative estimate of drug-likeness (QED) is 0.363. The van der Waals surface area contributed by atoms with E-state index >= 15 is 0 Å². The zero-order chi connectivity index (χ0) is 17.8. The summed E-state index contributed by atoms with van der Waals surface area (Å²) in [5, 5.41) is 13.1. The zero-order valence-electron chi connectivity index (χ0n) is 13.5. The van der Waals surface area contributed by atoms with Crippen LogP contribution in [0.15, 0.2) is 6.07 Å². The fourth-order valence-electron chi connectivity index (χ4n) is 3.41. The van der Waals surface area contributed by atoms with Gasteiger partial charge in [-0.05, 0) is 12.5 Å². The number of phenolic OH excluding ortho intramolecular Hbond substituents is 1. The fraction of sp³-hybridized carbons (Fsp3) is 0.438. The van der Waals surface area contributed by atoms with Crippen LogP contribution >= 0.6 is 11.6 Å². The van der Waals surface area contributed by atoms with Crippen molar-refractivity contribution >= 4 is 40.6 Å². The minimum Gasteiger partial charge on any atom is -0.506 e. The number of hydrogen-bond donors (Lipinski definition) is 2. The number of carbonyl (C=O) groups is 3. The molecule has 0 saturated heterocycles. The van der Waals surface area contributed by atoms with E-state index in [1.54, 1.807) is 0 Å². The molecule has 0 aliphatic carbocycles. The van der Waals surface area contributed by atoms with Crippen LogP contribution in [0, 0.1) is 0 Å². The Morgan fingerprint density at radius 2 is 2.21 bits per heavy atom. The minimum atomic E-state index is -1.62. The van der Waals surface area contributed by atoms with Crippen molar-refractivity contribution in [3.63, 3.8) is 0 Å². The van der Waals surface area contributed by atoms with E-state index in [1.165, 1.54) is 31.9 Å². The molecule has 0 saturated carbocycles. The average Bonchev–Trinajstić information content (AvgIpc) is 3.04. The van der Waals surface area contributed by atoms with Gasteiger partial charge in [0.2, 0.25) is 11.7 Å². The van der Waals surface area contributed by atoms with Crippen LogP contribution in [0.3, 0.4) is 0 Å². The van der Waals surface area contributed by atoms with Crippen LogP contribution in [0.2, 0.25) is 0 Å². The highest BCUT2D eigenvalue weighted by Gasteiger charge is 2.52. The average molecular weight is 353 g/mol. The van der Waals surface area contributed by atoms with Gasteiger partial charge in [0.05, 0.1) is 24.0 Å². The van der Waals surface area contributed by atoms with E-state index < -0.39 is 17.3 Å². The number of rotatable bonds is 2. The predicted molar refractivity (Wildman–Crippen MR) is 88.0 cm³/mol. The van der Waals surface area contributed by atoms with Gasteiger partial charge < -0.3 is 20.1 Å². The van der Waals surface area contributed by atoms with Crippen molar-refractivity contribution in [1.29, 1.82) is 0 Å². The van der Waals surface area contributed by atoms with E-state index in [0.29, 0.717) is 17.8 Å². The minimum absolute atomic E-state index is 0.173. The Bertz CT molecular complexity index is 778. The fourth-order valence-corrected chi connectivity index (χ4v) is 3.66. The topological polar surface area (TPSA) is 95.9 Å². The highest BCUT2D eigenvalue weighted by molar-refractivity contribution is 6.27. The van der Waals surface area contributed by atoms with E-state index in [0.717, 1.165) is 0 Å². The molecule has 128 valence electrons. The Balaban J connectivity index is 2.24. The number of phenols is 1. The first-order valence-corrected chi connectivity index (χ1v) is 7.95. The van der Waals surface area contributed by atoms with E-state index in [2.05, 4.69) is 5.32 Å². The smallest absolute Gasteiger partial charge is 0.339 e. The molecule has 2 atom stereocenters. The molecule has 7 nitrogen and oxygen atoms in total. The van der Waals surface area contributed by atoms with Crippen molar-refractivity contribution in [3.05, 3.63) is 17.2 Å². The second-order valence-electron chi connectivity index (χ2n) is 6.13. The molecule has 1 aromatic rings. The Hall–Kier alpha value is -2.28. The van der Waals surface area contributed by atoms with Crippen LogP contribution in [-0.4, -0.2) is 47.8 Å². The molecular formula is C16H17ClN2O5. The molecule has 1 amide bonds. The van der Waals surface area contributed by atoms with E-state index in [4.69, 9.17) is 16.3 Å². The molecule has 2 aliphatic rings. The Kier molecular flexibility index (Phi) is 3.71. The van der Waals surface area contributed by atoms with Crippen molar-refractivity contribution in [3.8, 4) is 5.75 Å². The maximum absolute atomic E-state index is 12.9. The van der Waals surface area contributed by atoms with Gasteiger partial charge in [-0.2, -0.15) is 0 Å². The third-order valence-electron chi connectivity index (χ3n) is 4.64. The van der Waals surface area contributed by atoms with Crippen LogP contribution in [0.4, 0.5) is 11.4 Å². The van der Waals surface area contributed by atoms with Crippen molar-refractivity contribution in [2.75, 3.05) is 29.8 Å². The lowest BCUT2D eigenvalue weighted by molar-refractivity contribution is -0.143. The van der Waals surface area contributed by atoms with E-state index in [9.17, 15) is 19.5 Å². The zero-order valence-corrected chi connectivity index (χ0v) is 14.2. The molecule has 2 N–H and O–H groups in total. The number of benzene rings is 1. The second-order valence-corrected chi connectivity index (χ2v) is 6.44. The summed E-state index contributed by atoms with van der Waals surface area (Å²) in [5.74, 6) is -1.72. The van der Waals surface area contributed by atoms with Crippen molar-refractivity contribution in [1.82, 2.24) is 0 Å². The predicted octanol–water partition coefficient (Wildman–Crippen LogP) is 1.62. The molecule has 24 heavy (non-hydrogen) atoms. The summed E-state index contributed by atoms with van der Waals surface area (Å²) in [5.41, 5.74) is -0.212. The van der Waals surface area contributed by atoms with Crippen molar-refractivity contribution in [2.45, 2.75) is 25.3 Å². The number of Topliss-reactive ketones (excluding diaryl/α,β-unsaturated/α-hetero) is 1. The molecule has 8 heteroatoms. The SMILES string of the molecule is COC(=O)[C@]1(C)Nc2c(O)cc3c(c2C1=O)[C@H](CCl)CN3C(C)=O. The van der Waals surface area contributed by atoms with Crippen LogP contribution < -0.4 is 10.2 Å². The summed E-state index contributed by atoms with van der Waals surface area (Å²) in [6.07, 6.45) is 0. The van der Waals surface area contributed by atoms with Gasteiger partial charge in [-0.15, -0.1) is 11.6 Å². The van der Waals surface area contributed by atoms with Gasteiger partial charge in [0.15, 0.2) is 5.54 Å². The number of carbonyl (C=O) groups excluding carboxylic acids is 3. The Labute approximate surface area is 143 Å². The summed E-state index contributed by atoms with van der Waals surface area (Å²) in [4.78, 5) is 38.4. The summed E-state index contributed by atoms with van der Waals surface area (Å²) < 4.78 is 4.72. The molecule has 3 rings (SSSR count). The van der Waals surface area contributed by atoms with Gasteiger partial charge in [0, 0.05) is 31.3 Å². The number of nitrogens with zero attached hydrogens (tertiary/aromatic N) is 1. The largest absolute Gasteiger partial charge is 0.506 e. The number of ketones is 1. The normalized spacial score (nSPS) is 24.4. The van der Waals surface area contributed by atoms with Crippen LogP contribution in [0.25, 0.3) is 0 Å². The molecule has 1 aromatic carbocycles. The van der Waals surface area contributed by atoms with Gasteiger partial charge in [0.25, 0.3) is 0 Å². The van der Waals surface area contributed by atoms with Crippen molar-refractivity contribution in [2.24, 2.45) is 0 Å². The third-order valence-corrected chi connectivity index (χ3v) is 5.02. The molecular weight excluding hydrogens is 336 g/mol. The lowest BCUT2D eigenvalue weighted by atomic mass is 9.89. The first-order valence-electron chi connectivity index (χ1n) is 7.41. The van der Waals surface area contributed by atoms with Gasteiger partial charge in [-0.25, -0.2) is 4.79 Å².